The van der Waals surface area contributed by atoms with Crippen LogP contribution < -0.4 is 10.1 Å². The Labute approximate surface area is 149 Å². The first-order valence-corrected chi connectivity index (χ1v) is 8.08. The second-order valence-corrected chi connectivity index (χ2v) is 6.17. The Morgan fingerprint density at radius 3 is 2.42 bits per heavy atom. The molecule has 2 aromatic carbocycles. The smallest absolute Gasteiger partial charge is 0.342 e. The molecular formula is C18H18BrNO4. The third-order valence-corrected chi connectivity index (χ3v) is 3.96. The van der Waals surface area contributed by atoms with E-state index in [0.29, 0.717) is 17.0 Å². The monoisotopic (exact) mass is 391 g/mol. The molecule has 1 amide bonds. The molecule has 0 radical (unpaired) electrons. The fraction of sp³-hybridized carbons (Fsp3) is 0.222. The number of hydrogen-bond acceptors (Lipinski definition) is 4. The Kier molecular flexibility index (Phi) is 5.98. The van der Waals surface area contributed by atoms with Gasteiger partial charge < -0.3 is 14.8 Å². The number of carbonyl (C=O) groups excluding carboxylic acids is 2. The maximum absolute atomic E-state index is 12.2. The van der Waals surface area contributed by atoms with Crippen molar-refractivity contribution in [2.45, 2.75) is 13.8 Å². The molecule has 2 aromatic rings. The van der Waals surface area contributed by atoms with Gasteiger partial charge in [-0.15, -0.1) is 0 Å². The number of rotatable bonds is 5. The number of carbonyl (C=O) groups is 2. The molecule has 0 aliphatic carbocycles. The number of hydrogen-bond donors (Lipinski definition) is 1. The molecule has 1 N–H and O–H groups in total. The van der Waals surface area contributed by atoms with Crippen molar-refractivity contribution in [1.29, 1.82) is 0 Å². The van der Waals surface area contributed by atoms with Gasteiger partial charge in [0, 0.05) is 4.47 Å². The summed E-state index contributed by atoms with van der Waals surface area (Å²) in [7, 11) is 1.48. The van der Waals surface area contributed by atoms with Gasteiger partial charge in [0.15, 0.2) is 6.61 Å². The van der Waals surface area contributed by atoms with Crippen molar-refractivity contribution in [2.24, 2.45) is 0 Å². The number of nitrogens with one attached hydrogen (secondary N) is 1. The van der Waals surface area contributed by atoms with E-state index in [1.807, 2.05) is 32.0 Å². The Morgan fingerprint density at radius 1 is 1.08 bits per heavy atom. The highest BCUT2D eigenvalue weighted by atomic mass is 79.9. The molecule has 0 aliphatic heterocycles. The minimum Gasteiger partial charge on any atom is -0.496 e. The molecule has 0 unspecified atom stereocenters. The lowest BCUT2D eigenvalue weighted by Gasteiger charge is -2.11. The first kappa shape index (κ1) is 18.0. The predicted octanol–water partition coefficient (Wildman–Crippen LogP) is 3.87. The summed E-state index contributed by atoms with van der Waals surface area (Å²) in [6.07, 6.45) is 0. The maximum Gasteiger partial charge on any atom is 0.342 e. The summed E-state index contributed by atoms with van der Waals surface area (Å²) in [6.45, 7) is 3.43. The Bertz CT molecular complexity index is 774. The van der Waals surface area contributed by atoms with Crippen molar-refractivity contribution >= 4 is 33.5 Å². The number of esters is 1. The van der Waals surface area contributed by atoms with E-state index in [1.54, 1.807) is 18.2 Å². The first-order valence-electron chi connectivity index (χ1n) is 7.28. The van der Waals surface area contributed by atoms with Crippen LogP contribution in [0.2, 0.25) is 0 Å². The Hall–Kier alpha value is -2.34. The highest BCUT2D eigenvalue weighted by Gasteiger charge is 2.16. The first-order chi connectivity index (χ1) is 11.4. The molecule has 126 valence electrons. The molecule has 0 heterocycles. The summed E-state index contributed by atoms with van der Waals surface area (Å²) in [6, 6.07) is 10.7. The van der Waals surface area contributed by atoms with Crippen molar-refractivity contribution in [3.05, 3.63) is 57.6 Å². The van der Waals surface area contributed by atoms with Crippen LogP contribution in [-0.2, 0) is 9.53 Å². The van der Waals surface area contributed by atoms with Gasteiger partial charge >= 0.3 is 5.97 Å². The van der Waals surface area contributed by atoms with Gasteiger partial charge in [0.1, 0.15) is 11.3 Å². The molecular weight excluding hydrogens is 374 g/mol. The van der Waals surface area contributed by atoms with Crippen molar-refractivity contribution in [1.82, 2.24) is 0 Å². The zero-order valence-corrected chi connectivity index (χ0v) is 15.3. The van der Waals surface area contributed by atoms with Gasteiger partial charge in [0.2, 0.25) is 0 Å². The van der Waals surface area contributed by atoms with E-state index >= 15 is 0 Å². The molecule has 0 bridgehead atoms. The number of methoxy groups -OCH3 is 1. The van der Waals surface area contributed by atoms with E-state index in [-0.39, 0.29) is 6.61 Å². The van der Waals surface area contributed by atoms with Crippen LogP contribution in [0.15, 0.2) is 40.9 Å². The fourth-order valence-electron chi connectivity index (χ4n) is 2.10. The van der Waals surface area contributed by atoms with Gasteiger partial charge in [-0.25, -0.2) is 4.79 Å². The molecule has 0 saturated carbocycles. The molecule has 0 atom stereocenters. The summed E-state index contributed by atoms with van der Waals surface area (Å²) in [5, 5.41) is 2.69. The topological polar surface area (TPSA) is 64.6 Å². The van der Waals surface area contributed by atoms with Crippen LogP contribution in [-0.4, -0.2) is 25.6 Å². The fourth-order valence-corrected chi connectivity index (χ4v) is 2.69. The lowest BCUT2D eigenvalue weighted by molar-refractivity contribution is -0.119. The number of halogens is 1. The highest BCUT2D eigenvalue weighted by Crippen LogP contribution is 2.23. The van der Waals surface area contributed by atoms with E-state index in [9.17, 15) is 9.59 Å². The average molecular weight is 392 g/mol. The summed E-state index contributed by atoms with van der Waals surface area (Å²) < 4.78 is 11.0. The van der Waals surface area contributed by atoms with Gasteiger partial charge in [0.25, 0.3) is 5.91 Å². The van der Waals surface area contributed by atoms with Crippen molar-refractivity contribution in [3.63, 3.8) is 0 Å². The van der Waals surface area contributed by atoms with Crippen LogP contribution in [0.3, 0.4) is 0 Å². The van der Waals surface area contributed by atoms with Crippen LogP contribution in [0.25, 0.3) is 0 Å². The third kappa shape index (κ3) is 4.58. The number of amides is 1. The molecule has 0 aromatic heterocycles. The average Bonchev–Trinajstić information content (AvgIpc) is 2.55. The number of benzene rings is 2. The number of anilines is 1. The Morgan fingerprint density at radius 2 is 1.75 bits per heavy atom. The van der Waals surface area contributed by atoms with Crippen LogP contribution in [0.1, 0.15) is 21.5 Å². The van der Waals surface area contributed by atoms with E-state index in [1.165, 1.54) is 7.11 Å². The minimum absolute atomic E-state index is 0.293. The van der Waals surface area contributed by atoms with Crippen LogP contribution in [0.5, 0.6) is 5.75 Å². The van der Waals surface area contributed by atoms with Gasteiger partial charge in [-0.1, -0.05) is 17.7 Å². The van der Waals surface area contributed by atoms with Crippen molar-refractivity contribution < 1.29 is 19.1 Å². The van der Waals surface area contributed by atoms with Crippen molar-refractivity contribution in [3.8, 4) is 5.75 Å². The lowest BCUT2D eigenvalue weighted by atomic mass is 10.1. The highest BCUT2D eigenvalue weighted by molar-refractivity contribution is 9.10. The number of aryl methyl sites for hydroxylation is 2. The third-order valence-electron chi connectivity index (χ3n) is 3.31. The Balaban J connectivity index is 1.99. The molecule has 0 aliphatic rings. The second kappa shape index (κ2) is 7.97. The predicted molar refractivity (Wildman–Crippen MR) is 95.5 cm³/mol. The van der Waals surface area contributed by atoms with E-state index in [4.69, 9.17) is 9.47 Å². The SMILES string of the molecule is COc1ccc(C)cc1C(=O)OCC(=O)Nc1ccc(C)cc1Br. The summed E-state index contributed by atoms with van der Waals surface area (Å²) in [5.41, 5.74) is 2.88. The van der Waals surface area contributed by atoms with E-state index < -0.39 is 11.9 Å². The zero-order chi connectivity index (χ0) is 17.7. The van der Waals surface area contributed by atoms with Gasteiger partial charge in [-0.3, -0.25) is 4.79 Å². The van der Waals surface area contributed by atoms with E-state index in [0.717, 1.165) is 15.6 Å². The normalized spacial score (nSPS) is 10.2. The van der Waals surface area contributed by atoms with Gasteiger partial charge in [0.05, 0.1) is 12.8 Å². The zero-order valence-electron chi connectivity index (χ0n) is 13.7. The maximum atomic E-state index is 12.2. The largest absolute Gasteiger partial charge is 0.496 e. The van der Waals surface area contributed by atoms with Gasteiger partial charge in [-0.2, -0.15) is 0 Å². The second-order valence-electron chi connectivity index (χ2n) is 5.31. The summed E-state index contributed by atoms with van der Waals surface area (Å²) in [5.74, 6) is -0.611. The molecule has 6 heteroatoms. The molecule has 24 heavy (non-hydrogen) atoms. The summed E-state index contributed by atoms with van der Waals surface area (Å²) in [4.78, 5) is 24.1. The number of ether oxygens (including phenoxy) is 2. The van der Waals surface area contributed by atoms with Crippen LogP contribution >= 0.6 is 15.9 Å². The minimum atomic E-state index is -0.603. The van der Waals surface area contributed by atoms with Crippen molar-refractivity contribution in [2.75, 3.05) is 19.0 Å². The lowest BCUT2D eigenvalue weighted by Crippen LogP contribution is -2.21. The van der Waals surface area contributed by atoms with Gasteiger partial charge in [-0.05, 0) is 59.6 Å². The molecule has 0 spiro atoms. The van der Waals surface area contributed by atoms with Crippen LogP contribution in [0, 0.1) is 13.8 Å². The van der Waals surface area contributed by atoms with E-state index in [2.05, 4.69) is 21.2 Å². The quantitative estimate of drug-likeness (QED) is 0.785. The molecule has 0 fully saturated rings. The molecule has 5 nitrogen and oxygen atoms in total. The molecule has 0 saturated heterocycles. The summed E-state index contributed by atoms with van der Waals surface area (Å²) >= 11 is 3.38. The standard InChI is InChI=1S/C18H18BrNO4/c1-11-5-7-16(23-3)13(8-11)18(22)24-10-17(21)20-15-6-4-12(2)9-14(15)19/h4-9H,10H2,1-3H3,(H,20,21). The van der Waals surface area contributed by atoms with Crippen LogP contribution in [0.4, 0.5) is 5.69 Å². The molecule has 2 rings (SSSR count).